The van der Waals surface area contributed by atoms with E-state index in [2.05, 4.69) is 187 Å². The molecule has 0 N–H and O–H groups in total. The molecule has 350 valence electrons. The number of benzene rings is 11. The van der Waals surface area contributed by atoms with Gasteiger partial charge in [0.2, 0.25) is 0 Å². The molecular weight excluding hydrogens is 917 g/mol. The normalized spacial score (nSPS) is 11.7. The first-order valence-corrected chi connectivity index (χ1v) is 25.2. The maximum atomic E-state index is 6.67. The Bertz CT molecular complexity index is 4650. The molecule has 6 nitrogen and oxygen atoms in total. The predicted octanol–water partition coefficient (Wildman–Crippen LogP) is 18.4. The second kappa shape index (κ2) is 17.3. The first kappa shape index (κ1) is 42.5. The molecule has 11 aromatic carbocycles. The van der Waals surface area contributed by atoms with E-state index in [1.54, 1.807) is 0 Å². The minimum absolute atomic E-state index is 0.602. The van der Waals surface area contributed by atoms with E-state index in [0.29, 0.717) is 17.5 Å². The molecule has 0 bridgehead atoms. The van der Waals surface area contributed by atoms with Crippen LogP contribution in [0, 0.1) is 0 Å². The lowest BCUT2D eigenvalue weighted by Crippen LogP contribution is -2.00. The molecule has 0 aliphatic carbocycles. The third-order valence-corrected chi connectivity index (χ3v) is 14.6. The summed E-state index contributed by atoms with van der Waals surface area (Å²) in [6.07, 6.45) is 0. The Morgan fingerprint density at radius 3 is 1.53 bits per heavy atom. The van der Waals surface area contributed by atoms with Crippen LogP contribution in [-0.4, -0.2) is 19.5 Å². The molecule has 0 saturated carbocycles. The van der Waals surface area contributed by atoms with Crippen LogP contribution in [0.4, 0.5) is 0 Å². The second-order valence-electron chi connectivity index (χ2n) is 19.1. The van der Waals surface area contributed by atoms with Crippen molar-refractivity contribution in [1.29, 1.82) is 0 Å². The first-order valence-electron chi connectivity index (χ1n) is 25.2. The third-order valence-electron chi connectivity index (χ3n) is 14.6. The fraction of sp³-hybridized carbons (Fsp3) is 0. The highest BCUT2D eigenvalue weighted by atomic mass is 16.3. The number of hydrogen-bond acceptors (Lipinski definition) is 5. The average molecular weight is 959 g/mol. The lowest BCUT2D eigenvalue weighted by atomic mass is 9.92. The van der Waals surface area contributed by atoms with Gasteiger partial charge in [0.15, 0.2) is 17.5 Å². The van der Waals surface area contributed by atoms with Crippen LogP contribution >= 0.6 is 0 Å². The minimum Gasteiger partial charge on any atom is -0.456 e. The van der Waals surface area contributed by atoms with Crippen LogP contribution in [0.15, 0.2) is 264 Å². The second-order valence-corrected chi connectivity index (χ2v) is 19.1. The van der Waals surface area contributed by atoms with Crippen molar-refractivity contribution in [2.45, 2.75) is 0 Å². The summed E-state index contributed by atoms with van der Waals surface area (Å²) < 4.78 is 15.7. The van der Waals surface area contributed by atoms with Crippen molar-refractivity contribution in [3.63, 3.8) is 0 Å². The number of hydrogen-bond donors (Lipinski definition) is 0. The number of aromatic nitrogens is 4. The quantitative estimate of drug-likeness (QED) is 0.152. The summed E-state index contributed by atoms with van der Waals surface area (Å²) >= 11 is 0. The fourth-order valence-corrected chi connectivity index (χ4v) is 11.0. The summed E-state index contributed by atoms with van der Waals surface area (Å²) in [5.41, 5.74) is 18.3. The van der Waals surface area contributed by atoms with Crippen LogP contribution in [0.5, 0.6) is 0 Å². The van der Waals surface area contributed by atoms with Crippen molar-refractivity contribution in [1.82, 2.24) is 19.5 Å². The van der Waals surface area contributed by atoms with E-state index in [0.717, 1.165) is 111 Å². The highest BCUT2D eigenvalue weighted by Crippen LogP contribution is 2.43. The molecule has 15 aromatic rings. The van der Waals surface area contributed by atoms with E-state index in [9.17, 15) is 0 Å². The van der Waals surface area contributed by atoms with Gasteiger partial charge in [0.1, 0.15) is 22.3 Å². The molecule has 0 fully saturated rings. The van der Waals surface area contributed by atoms with Gasteiger partial charge in [0.25, 0.3) is 0 Å². The number of furan rings is 2. The smallest absolute Gasteiger partial charge is 0.164 e. The van der Waals surface area contributed by atoms with Crippen molar-refractivity contribution in [3.8, 4) is 84.4 Å². The molecule has 0 saturated heterocycles. The summed E-state index contributed by atoms with van der Waals surface area (Å²) in [5.74, 6) is 1.85. The Hall–Kier alpha value is -10.2. The van der Waals surface area contributed by atoms with Gasteiger partial charge in [0.05, 0.1) is 11.0 Å². The molecule has 0 unspecified atom stereocenters. The Morgan fingerprint density at radius 2 is 0.773 bits per heavy atom. The number of fused-ring (bicyclic) bond motifs is 9. The molecule has 0 aliphatic rings. The van der Waals surface area contributed by atoms with Crippen molar-refractivity contribution in [2.24, 2.45) is 0 Å². The van der Waals surface area contributed by atoms with E-state index >= 15 is 0 Å². The number of para-hydroxylation sites is 2. The van der Waals surface area contributed by atoms with Crippen LogP contribution in [0.3, 0.4) is 0 Å². The zero-order chi connectivity index (χ0) is 49.4. The summed E-state index contributed by atoms with van der Waals surface area (Å²) in [6.45, 7) is 0. The van der Waals surface area contributed by atoms with E-state index < -0.39 is 0 Å². The molecule has 0 atom stereocenters. The van der Waals surface area contributed by atoms with Crippen molar-refractivity contribution >= 4 is 65.7 Å². The Labute approximate surface area is 431 Å². The zero-order valence-corrected chi connectivity index (χ0v) is 40.4. The van der Waals surface area contributed by atoms with Crippen LogP contribution in [0.2, 0.25) is 0 Å². The van der Waals surface area contributed by atoms with Crippen molar-refractivity contribution in [2.75, 3.05) is 0 Å². The Kier molecular flexibility index (Phi) is 9.78. The molecule has 15 rings (SSSR count). The van der Waals surface area contributed by atoms with Crippen LogP contribution in [0.25, 0.3) is 150 Å². The molecule has 75 heavy (non-hydrogen) atoms. The Morgan fingerprint density at radius 1 is 0.253 bits per heavy atom. The SMILES string of the molecule is c1ccc(-c2ccc3c(c2)c2ccccc2n3-c2ccc3c(c2)oc2ccc(-c4cccc(-c5cc(-c6cccc(-c7nc(-c8ccccc8)nc(-c8ccccc8)n7)c6)c6c(c5)oc5ccccc56)c4)cc23)cc1. The zero-order valence-electron chi connectivity index (χ0n) is 40.4. The predicted molar refractivity (Wildman–Crippen MR) is 307 cm³/mol. The maximum Gasteiger partial charge on any atom is 0.164 e. The van der Waals surface area contributed by atoms with Gasteiger partial charge in [0, 0.05) is 60.8 Å². The molecule has 0 aliphatic heterocycles. The molecule has 0 radical (unpaired) electrons. The number of nitrogens with zero attached hydrogens (tertiary/aromatic N) is 4. The van der Waals surface area contributed by atoms with E-state index in [1.165, 1.54) is 21.9 Å². The third kappa shape index (κ3) is 7.30. The summed E-state index contributed by atoms with van der Waals surface area (Å²) in [4.78, 5) is 15.1. The van der Waals surface area contributed by atoms with Crippen molar-refractivity contribution in [3.05, 3.63) is 255 Å². The number of rotatable bonds is 8. The molecule has 0 spiro atoms. The molecular formula is C69H42N4O2. The van der Waals surface area contributed by atoms with Gasteiger partial charge in [-0.05, 0) is 117 Å². The highest BCUT2D eigenvalue weighted by Gasteiger charge is 2.20. The lowest BCUT2D eigenvalue weighted by Gasteiger charge is -2.12. The van der Waals surface area contributed by atoms with Gasteiger partial charge < -0.3 is 13.4 Å². The summed E-state index contributed by atoms with van der Waals surface area (Å²) in [7, 11) is 0. The van der Waals surface area contributed by atoms with Gasteiger partial charge in [-0.15, -0.1) is 0 Å². The summed E-state index contributed by atoms with van der Waals surface area (Å²) in [6, 6.07) is 89.4. The summed E-state index contributed by atoms with van der Waals surface area (Å²) in [5, 5.41) is 6.71. The van der Waals surface area contributed by atoms with Gasteiger partial charge in [-0.2, -0.15) is 0 Å². The van der Waals surface area contributed by atoms with Gasteiger partial charge in [-0.25, -0.2) is 15.0 Å². The highest BCUT2D eigenvalue weighted by molar-refractivity contribution is 6.14. The fourth-order valence-electron chi connectivity index (χ4n) is 11.0. The van der Waals surface area contributed by atoms with Crippen LogP contribution < -0.4 is 0 Å². The molecule has 4 aromatic heterocycles. The van der Waals surface area contributed by atoms with Gasteiger partial charge in [-0.3, -0.25) is 0 Å². The molecule has 0 amide bonds. The topological polar surface area (TPSA) is 69.9 Å². The largest absolute Gasteiger partial charge is 0.456 e. The standard InChI is InChI=1S/C69H42N4O2/c1-4-16-43(17-5-1)48-30-34-61-58(38-48)54-26-10-12-28-60(54)73(61)53-32-33-55-59-39-49(31-35-63(59)74-64(55)42-53)46-22-14-23-47(36-46)52-40-57(66-56-27-11-13-29-62(56)75-65(66)41-52)50-24-15-25-51(37-50)69-71-67(44-18-6-2-7-19-44)70-68(72-69)45-20-8-3-9-21-45/h1-42H. The van der Waals surface area contributed by atoms with Crippen LogP contribution in [0.1, 0.15) is 0 Å². The lowest BCUT2D eigenvalue weighted by molar-refractivity contribution is 0.668. The molecule has 6 heteroatoms. The van der Waals surface area contributed by atoms with Gasteiger partial charge >= 0.3 is 0 Å². The monoisotopic (exact) mass is 958 g/mol. The Balaban J connectivity index is 0.812. The van der Waals surface area contributed by atoms with E-state index in [1.807, 2.05) is 72.8 Å². The van der Waals surface area contributed by atoms with Crippen LogP contribution in [-0.2, 0) is 0 Å². The van der Waals surface area contributed by atoms with Crippen molar-refractivity contribution < 1.29 is 8.83 Å². The average Bonchev–Trinajstić information content (AvgIpc) is 4.21. The molecule has 4 heterocycles. The first-order chi connectivity index (χ1) is 37.1. The van der Waals surface area contributed by atoms with E-state index in [4.69, 9.17) is 23.8 Å². The maximum absolute atomic E-state index is 6.67. The minimum atomic E-state index is 0.602. The van der Waals surface area contributed by atoms with E-state index in [-0.39, 0.29) is 0 Å². The van der Waals surface area contributed by atoms with Gasteiger partial charge in [-0.1, -0.05) is 176 Å².